The van der Waals surface area contributed by atoms with E-state index in [0.717, 1.165) is 0 Å². The van der Waals surface area contributed by atoms with Gasteiger partial charge in [0.15, 0.2) is 5.78 Å². The van der Waals surface area contributed by atoms with Crippen molar-refractivity contribution in [2.45, 2.75) is 0 Å². The van der Waals surface area contributed by atoms with Gasteiger partial charge in [-0.2, -0.15) is 0 Å². The van der Waals surface area contributed by atoms with Crippen molar-refractivity contribution in [3.63, 3.8) is 0 Å². The average Bonchev–Trinajstić information content (AvgIpc) is 2.37. The molecule has 0 aliphatic heterocycles. The van der Waals surface area contributed by atoms with Gasteiger partial charge < -0.3 is 4.74 Å². The Bertz CT molecular complexity index is 663. The van der Waals surface area contributed by atoms with E-state index in [9.17, 15) is 18.0 Å². The molecule has 20 heavy (non-hydrogen) atoms. The lowest BCUT2D eigenvalue weighted by atomic mass is 10.0. The van der Waals surface area contributed by atoms with Crippen molar-refractivity contribution in [1.82, 2.24) is 0 Å². The van der Waals surface area contributed by atoms with Gasteiger partial charge in [0.05, 0.1) is 12.7 Å². The summed E-state index contributed by atoms with van der Waals surface area (Å²) in [5, 5.41) is 0. The highest BCUT2D eigenvalue weighted by molar-refractivity contribution is 9.10. The molecule has 0 saturated carbocycles. The average molecular weight is 345 g/mol. The second-order valence-corrected chi connectivity index (χ2v) is 4.77. The second-order valence-electron chi connectivity index (χ2n) is 3.92. The quantitative estimate of drug-likeness (QED) is 0.783. The first kappa shape index (κ1) is 14.6. The molecule has 0 atom stereocenters. The summed E-state index contributed by atoms with van der Waals surface area (Å²) in [6, 6.07) is 5.28. The van der Waals surface area contributed by atoms with Crippen LogP contribution < -0.4 is 4.74 Å². The first-order valence-corrected chi connectivity index (χ1v) is 6.26. The summed E-state index contributed by atoms with van der Waals surface area (Å²) in [5.41, 5.74) is -0.743. The van der Waals surface area contributed by atoms with Gasteiger partial charge in [-0.15, -0.1) is 0 Å². The number of hydrogen-bond acceptors (Lipinski definition) is 2. The standard InChI is InChI=1S/C14H8BrF3O2/c1-20-8-2-3-9(10(15)6-8)14(19)13-11(17)4-7(16)5-12(13)18/h2-6H,1H3. The van der Waals surface area contributed by atoms with Crippen LogP contribution in [-0.2, 0) is 0 Å². The van der Waals surface area contributed by atoms with Crippen LogP contribution in [0.3, 0.4) is 0 Å². The summed E-state index contributed by atoms with van der Waals surface area (Å²) in [5.74, 6) is -3.96. The van der Waals surface area contributed by atoms with Gasteiger partial charge in [-0.3, -0.25) is 4.79 Å². The Morgan fingerprint density at radius 2 is 1.70 bits per heavy atom. The van der Waals surface area contributed by atoms with Crippen LogP contribution >= 0.6 is 15.9 Å². The van der Waals surface area contributed by atoms with Gasteiger partial charge in [-0.1, -0.05) is 0 Å². The number of ether oxygens (including phenoxy) is 1. The van der Waals surface area contributed by atoms with Crippen LogP contribution in [0.2, 0.25) is 0 Å². The van der Waals surface area contributed by atoms with Gasteiger partial charge in [-0.25, -0.2) is 13.2 Å². The summed E-state index contributed by atoms with van der Waals surface area (Å²) in [6.45, 7) is 0. The minimum absolute atomic E-state index is 0.0511. The molecule has 6 heteroatoms. The third-order valence-corrected chi connectivity index (χ3v) is 3.31. The topological polar surface area (TPSA) is 26.3 Å². The summed E-state index contributed by atoms with van der Waals surface area (Å²) in [7, 11) is 1.45. The van der Waals surface area contributed by atoms with Crippen molar-refractivity contribution < 1.29 is 22.7 Å². The maximum absolute atomic E-state index is 13.6. The molecule has 2 rings (SSSR count). The Balaban J connectivity index is 2.52. The van der Waals surface area contributed by atoms with Crippen LogP contribution in [0.4, 0.5) is 13.2 Å². The third-order valence-electron chi connectivity index (χ3n) is 2.65. The molecule has 0 aromatic heterocycles. The number of ketones is 1. The lowest BCUT2D eigenvalue weighted by Gasteiger charge is -2.08. The lowest BCUT2D eigenvalue weighted by Crippen LogP contribution is -2.09. The van der Waals surface area contributed by atoms with Crippen LogP contribution in [-0.4, -0.2) is 12.9 Å². The lowest BCUT2D eigenvalue weighted by molar-refractivity contribution is 0.103. The van der Waals surface area contributed by atoms with Gasteiger partial charge in [0, 0.05) is 22.2 Å². The molecule has 0 saturated heterocycles. The Morgan fingerprint density at radius 1 is 1.10 bits per heavy atom. The Hall–Kier alpha value is -1.82. The summed E-state index contributed by atoms with van der Waals surface area (Å²) in [4.78, 5) is 12.1. The van der Waals surface area contributed by atoms with Crippen molar-refractivity contribution in [3.8, 4) is 5.75 Å². The van der Waals surface area contributed by atoms with Gasteiger partial charge in [0.25, 0.3) is 0 Å². The zero-order chi connectivity index (χ0) is 14.9. The number of rotatable bonds is 3. The highest BCUT2D eigenvalue weighted by Crippen LogP contribution is 2.27. The fourth-order valence-electron chi connectivity index (χ4n) is 1.70. The molecule has 0 radical (unpaired) electrons. The van der Waals surface area contributed by atoms with Gasteiger partial charge in [0.2, 0.25) is 0 Å². The highest BCUT2D eigenvalue weighted by Gasteiger charge is 2.22. The molecule has 0 unspecified atom stereocenters. The van der Waals surface area contributed by atoms with Crippen molar-refractivity contribution in [2.24, 2.45) is 0 Å². The number of benzene rings is 2. The molecule has 2 nitrogen and oxygen atoms in total. The molecule has 0 N–H and O–H groups in total. The summed E-state index contributed by atoms with van der Waals surface area (Å²) >= 11 is 3.13. The number of halogens is 4. The van der Waals surface area contributed by atoms with E-state index in [1.807, 2.05) is 0 Å². The first-order chi connectivity index (χ1) is 9.43. The SMILES string of the molecule is COc1ccc(C(=O)c2c(F)cc(F)cc2F)c(Br)c1. The molecule has 2 aromatic rings. The minimum atomic E-state index is -1.24. The van der Waals surface area contributed by atoms with Crippen molar-refractivity contribution in [1.29, 1.82) is 0 Å². The zero-order valence-corrected chi connectivity index (χ0v) is 11.8. The van der Waals surface area contributed by atoms with E-state index in [1.54, 1.807) is 0 Å². The zero-order valence-electron chi connectivity index (χ0n) is 10.2. The molecule has 0 spiro atoms. The van der Waals surface area contributed by atoms with Crippen LogP contribution in [0.15, 0.2) is 34.8 Å². The predicted octanol–water partition coefficient (Wildman–Crippen LogP) is 4.11. The maximum Gasteiger partial charge on any atom is 0.200 e. The monoisotopic (exact) mass is 344 g/mol. The second kappa shape index (κ2) is 5.66. The van der Waals surface area contributed by atoms with E-state index >= 15 is 0 Å². The summed E-state index contributed by atoms with van der Waals surface area (Å²) < 4.78 is 45.3. The van der Waals surface area contributed by atoms with Crippen LogP contribution in [0.25, 0.3) is 0 Å². The predicted molar refractivity (Wildman–Crippen MR) is 70.4 cm³/mol. The molecule has 0 bridgehead atoms. The molecular weight excluding hydrogens is 337 g/mol. The van der Waals surface area contributed by atoms with E-state index in [1.165, 1.54) is 25.3 Å². The molecule has 2 aromatic carbocycles. The van der Waals surface area contributed by atoms with E-state index < -0.39 is 28.8 Å². The number of hydrogen-bond donors (Lipinski definition) is 0. The van der Waals surface area contributed by atoms with E-state index in [0.29, 0.717) is 22.4 Å². The van der Waals surface area contributed by atoms with E-state index in [2.05, 4.69) is 15.9 Å². The number of methoxy groups -OCH3 is 1. The van der Waals surface area contributed by atoms with E-state index in [4.69, 9.17) is 4.74 Å². The largest absolute Gasteiger partial charge is 0.497 e. The molecule has 0 amide bonds. The van der Waals surface area contributed by atoms with Crippen LogP contribution in [0, 0.1) is 17.5 Å². The highest BCUT2D eigenvalue weighted by atomic mass is 79.9. The molecular formula is C14H8BrF3O2. The molecule has 0 heterocycles. The molecule has 104 valence electrons. The van der Waals surface area contributed by atoms with Gasteiger partial charge >= 0.3 is 0 Å². The van der Waals surface area contributed by atoms with Crippen LogP contribution in [0.1, 0.15) is 15.9 Å². The fraction of sp³-hybridized carbons (Fsp3) is 0.0714. The number of carbonyl (C=O) groups is 1. The van der Waals surface area contributed by atoms with Gasteiger partial charge in [-0.05, 0) is 34.1 Å². The number of carbonyl (C=O) groups excluding carboxylic acids is 1. The minimum Gasteiger partial charge on any atom is -0.497 e. The Kier molecular flexibility index (Phi) is 4.13. The van der Waals surface area contributed by atoms with Crippen LogP contribution in [0.5, 0.6) is 5.75 Å². The fourth-order valence-corrected chi connectivity index (χ4v) is 2.24. The molecule has 0 fully saturated rings. The molecule has 0 aliphatic carbocycles. The Labute approximate surface area is 121 Å². The van der Waals surface area contributed by atoms with Crippen molar-refractivity contribution in [3.05, 3.63) is 63.4 Å². The van der Waals surface area contributed by atoms with Crippen molar-refractivity contribution >= 4 is 21.7 Å². The molecule has 0 aliphatic rings. The third kappa shape index (κ3) is 2.70. The first-order valence-electron chi connectivity index (χ1n) is 5.47. The van der Waals surface area contributed by atoms with E-state index in [-0.39, 0.29) is 5.56 Å². The normalized spacial score (nSPS) is 10.4. The summed E-state index contributed by atoms with van der Waals surface area (Å²) in [6.07, 6.45) is 0. The van der Waals surface area contributed by atoms with Gasteiger partial charge in [0.1, 0.15) is 23.2 Å². The smallest absolute Gasteiger partial charge is 0.200 e. The Morgan fingerprint density at radius 3 is 2.20 bits per heavy atom. The maximum atomic E-state index is 13.6. The van der Waals surface area contributed by atoms with Crippen molar-refractivity contribution in [2.75, 3.05) is 7.11 Å².